The van der Waals surface area contributed by atoms with E-state index in [9.17, 15) is 0 Å². The van der Waals surface area contributed by atoms with Gasteiger partial charge in [-0.3, -0.25) is 5.26 Å². The first-order valence-corrected chi connectivity index (χ1v) is 0.591. The maximum Gasteiger partial charge on any atom is 0.0710 e. The van der Waals surface area contributed by atoms with Gasteiger partial charge in [-0.25, -0.2) is 4.89 Å². The zero-order valence-electron chi connectivity index (χ0n) is 4.25. The van der Waals surface area contributed by atoms with Crippen LogP contribution in [0.2, 0.25) is 0 Å². The molecule has 0 bridgehead atoms. The molecule has 0 heterocycles. The molecule has 0 aliphatic rings. The molecule has 3 nitrogen and oxygen atoms in total. The Kier molecular flexibility index (Phi) is 331. The Labute approximate surface area is 102 Å². The Hall–Kier alpha value is 2.48. The Bertz CT molecular complexity index is 15.2. The summed E-state index contributed by atoms with van der Waals surface area (Å²) in [4.78, 5) is 3.25. The molecule has 3 N–H and O–H groups in total. The molecule has 0 unspecified atom stereocenters. The van der Waals surface area contributed by atoms with Crippen LogP contribution in [0.3, 0.4) is 0 Å². The third-order valence-electron chi connectivity index (χ3n) is 0. The summed E-state index contributed by atoms with van der Waals surface area (Å²) in [5, 5.41) is 7.07. The van der Waals surface area contributed by atoms with Gasteiger partial charge in [-0.15, -0.1) is 0 Å². The van der Waals surface area contributed by atoms with Crippen molar-refractivity contribution in [3.05, 3.63) is 0 Å². The van der Waals surface area contributed by atoms with Crippen molar-refractivity contribution in [2.75, 3.05) is 7.11 Å². The summed E-state index contributed by atoms with van der Waals surface area (Å²) in [6.07, 6.45) is 0. The predicted octanol–water partition coefficient (Wildman–Crippen LogP) is -0.729. The fourth-order valence-electron chi connectivity index (χ4n) is 0. The number of hydrogen-bond acceptors (Lipinski definition) is 2. The standard InChI is InChI=1S/CH4O2.H2O.2Ti.2V/c1-3-2;;;;;/h2H,1H3;1H2;;;;. The van der Waals surface area contributed by atoms with Crippen LogP contribution in [0.1, 0.15) is 0 Å². The molecule has 0 saturated carbocycles. The Morgan fingerprint density at radius 2 is 1.12 bits per heavy atom. The molecule has 7 heteroatoms. The average molecular weight is 264 g/mol. The van der Waals surface area contributed by atoms with Crippen LogP contribution in [-0.4, -0.2) is 17.8 Å². The van der Waals surface area contributed by atoms with E-state index in [1.807, 2.05) is 0 Å². The second-order valence-electron chi connectivity index (χ2n) is 0.183. The van der Waals surface area contributed by atoms with Crippen molar-refractivity contribution < 1.29 is 96.2 Å². The molecule has 0 saturated heterocycles. The summed E-state index contributed by atoms with van der Waals surface area (Å²) in [6.45, 7) is 0. The van der Waals surface area contributed by atoms with Crippen molar-refractivity contribution in [1.29, 1.82) is 0 Å². The zero-order chi connectivity index (χ0) is 2.71. The predicted molar refractivity (Wildman–Crippen MR) is 13.3 cm³/mol. The Balaban J connectivity index is -0.00000000200. The summed E-state index contributed by atoms with van der Waals surface area (Å²) in [7, 11) is 1.18. The Morgan fingerprint density at radius 1 is 1.12 bits per heavy atom. The maximum atomic E-state index is 7.07. The molecule has 46 valence electrons. The molecular formula is CH6O3Ti2V2. The van der Waals surface area contributed by atoms with E-state index in [1.54, 1.807) is 0 Å². The number of hydrogen-bond donors (Lipinski definition) is 1. The fraction of sp³-hybridized carbons (Fsp3) is 1.00. The Morgan fingerprint density at radius 3 is 1.12 bits per heavy atom. The van der Waals surface area contributed by atoms with Crippen LogP contribution in [-0.2, 0) is 85.4 Å². The first-order valence-electron chi connectivity index (χ1n) is 0.591. The zero-order valence-corrected chi connectivity index (χ0v) is 10.2. The molecule has 0 fully saturated rings. The van der Waals surface area contributed by atoms with E-state index in [-0.39, 0.29) is 86.0 Å². The van der Waals surface area contributed by atoms with Crippen molar-refractivity contribution >= 4 is 0 Å². The summed E-state index contributed by atoms with van der Waals surface area (Å²) in [5.74, 6) is 0. The largest absolute Gasteiger partial charge is 0.412 e. The first-order chi connectivity index (χ1) is 1.41. The van der Waals surface area contributed by atoms with Gasteiger partial charge >= 0.3 is 0 Å². The molecule has 0 atom stereocenters. The molecule has 0 amide bonds. The average Bonchev–Trinajstić information content (AvgIpc) is 0.918. The van der Waals surface area contributed by atoms with Gasteiger partial charge in [0.1, 0.15) is 0 Å². The van der Waals surface area contributed by atoms with E-state index < -0.39 is 0 Å². The maximum absolute atomic E-state index is 7.07. The molecule has 0 rings (SSSR count). The van der Waals surface area contributed by atoms with Crippen LogP contribution in [0.25, 0.3) is 0 Å². The second kappa shape index (κ2) is 56.3. The van der Waals surface area contributed by atoms with Crippen molar-refractivity contribution in [1.82, 2.24) is 0 Å². The summed E-state index contributed by atoms with van der Waals surface area (Å²) < 4.78 is 0. The van der Waals surface area contributed by atoms with Crippen LogP contribution in [0, 0.1) is 0 Å². The van der Waals surface area contributed by atoms with E-state index in [2.05, 4.69) is 4.89 Å². The van der Waals surface area contributed by atoms with Gasteiger partial charge in [0.2, 0.25) is 0 Å². The SMILES string of the molecule is COO.O.[Ti].[Ti].[V].[V]. The van der Waals surface area contributed by atoms with Crippen molar-refractivity contribution in [2.24, 2.45) is 0 Å². The topological polar surface area (TPSA) is 61.0 Å². The second-order valence-corrected chi connectivity index (χ2v) is 0.183. The number of rotatable bonds is 0. The van der Waals surface area contributed by atoms with E-state index in [0.717, 1.165) is 0 Å². The molecule has 0 spiro atoms. The van der Waals surface area contributed by atoms with Crippen molar-refractivity contribution in [3.63, 3.8) is 0 Å². The van der Waals surface area contributed by atoms with Crippen molar-refractivity contribution in [2.45, 2.75) is 0 Å². The van der Waals surface area contributed by atoms with Crippen LogP contribution in [0.4, 0.5) is 0 Å². The molecule has 0 aromatic heterocycles. The van der Waals surface area contributed by atoms with Gasteiger partial charge in [0.15, 0.2) is 0 Å². The van der Waals surface area contributed by atoms with E-state index >= 15 is 0 Å². The summed E-state index contributed by atoms with van der Waals surface area (Å²) in [5.41, 5.74) is 0. The van der Waals surface area contributed by atoms with E-state index in [0.29, 0.717) is 0 Å². The molecule has 8 heavy (non-hydrogen) atoms. The van der Waals surface area contributed by atoms with E-state index in [1.165, 1.54) is 7.11 Å². The smallest absolute Gasteiger partial charge is 0.0710 e. The first kappa shape index (κ1) is 46.9. The molecule has 0 aromatic rings. The monoisotopic (exact) mass is 264 g/mol. The van der Waals surface area contributed by atoms with Gasteiger partial charge < -0.3 is 5.48 Å². The van der Waals surface area contributed by atoms with Gasteiger partial charge in [-0.1, -0.05) is 0 Å². The van der Waals surface area contributed by atoms with Gasteiger partial charge in [-0.05, 0) is 0 Å². The fourth-order valence-corrected chi connectivity index (χ4v) is 0. The molecule has 0 aliphatic heterocycles. The summed E-state index contributed by atoms with van der Waals surface area (Å²) >= 11 is 0. The molecule has 0 aliphatic carbocycles. The molecule has 2 radical (unpaired) electrons. The van der Waals surface area contributed by atoms with Crippen molar-refractivity contribution in [3.8, 4) is 0 Å². The minimum atomic E-state index is 0. The molecule has 0 aromatic carbocycles. The minimum absolute atomic E-state index is 0. The summed E-state index contributed by atoms with van der Waals surface area (Å²) in [6, 6.07) is 0. The molecular weight excluding hydrogens is 258 g/mol. The van der Waals surface area contributed by atoms with Crippen LogP contribution >= 0.6 is 0 Å². The van der Waals surface area contributed by atoms with Crippen LogP contribution in [0.5, 0.6) is 0 Å². The van der Waals surface area contributed by atoms with E-state index in [4.69, 9.17) is 5.26 Å². The van der Waals surface area contributed by atoms with Gasteiger partial charge in [0.25, 0.3) is 0 Å². The minimum Gasteiger partial charge on any atom is -0.412 e. The quantitative estimate of drug-likeness (QED) is 0.356. The third-order valence-corrected chi connectivity index (χ3v) is 0. The van der Waals surface area contributed by atoms with Gasteiger partial charge in [0, 0.05) is 80.5 Å². The van der Waals surface area contributed by atoms with Gasteiger partial charge in [-0.2, -0.15) is 0 Å². The van der Waals surface area contributed by atoms with Gasteiger partial charge in [0.05, 0.1) is 7.11 Å². The normalized spacial score (nSPS) is 2.25. The van der Waals surface area contributed by atoms with Crippen LogP contribution in [0.15, 0.2) is 0 Å². The third kappa shape index (κ3) is 77.2. The van der Waals surface area contributed by atoms with Crippen LogP contribution < -0.4 is 0 Å².